The summed E-state index contributed by atoms with van der Waals surface area (Å²) in [5.41, 5.74) is 4.12. The summed E-state index contributed by atoms with van der Waals surface area (Å²) < 4.78 is 1.21. The number of hydrogen-bond donors (Lipinski definition) is 1. The van der Waals surface area contributed by atoms with Crippen LogP contribution in [0.5, 0.6) is 0 Å². The normalized spacial score (nSPS) is 12.6. The van der Waals surface area contributed by atoms with Gasteiger partial charge in [0.25, 0.3) is 0 Å². The minimum Gasteiger partial charge on any atom is -0.316 e. The number of halogens is 1. The SMILES string of the molecule is CNC(Cc1cc(C)cc(C)c1)Cc1ccc(Br)s1. The number of benzene rings is 1. The molecular formula is C16H20BrNS. The number of hydrogen-bond acceptors (Lipinski definition) is 2. The molecule has 0 fully saturated rings. The average Bonchev–Trinajstić information content (AvgIpc) is 2.72. The first-order chi connectivity index (χ1) is 9.06. The van der Waals surface area contributed by atoms with E-state index in [1.54, 1.807) is 0 Å². The molecule has 3 heteroatoms. The molecule has 19 heavy (non-hydrogen) atoms. The van der Waals surface area contributed by atoms with Crippen molar-refractivity contribution in [3.05, 3.63) is 55.7 Å². The highest BCUT2D eigenvalue weighted by Gasteiger charge is 2.10. The predicted octanol–water partition coefficient (Wildman–Crippen LogP) is 4.50. The Kier molecular flexibility index (Phi) is 5.20. The first kappa shape index (κ1) is 14.8. The van der Waals surface area contributed by atoms with Crippen LogP contribution in [0.2, 0.25) is 0 Å². The molecular weight excluding hydrogens is 318 g/mol. The van der Waals surface area contributed by atoms with Crippen molar-refractivity contribution < 1.29 is 0 Å². The molecule has 1 aromatic carbocycles. The van der Waals surface area contributed by atoms with E-state index in [-0.39, 0.29) is 0 Å². The van der Waals surface area contributed by atoms with Crippen LogP contribution >= 0.6 is 27.3 Å². The molecule has 1 nitrogen and oxygen atoms in total. The Morgan fingerprint density at radius 3 is 2.32 bits per heavy atom. The fourth-order valence-electron chi connectivity index (χ4n) is 2.45. The van der Waals surface area contributed by atoms with Crippen molar-refractivity contribution in [2.75, 3.05) is 7.05 Å². The van der Waals surface area contributed by atoms with E-state index >= 15 is 0 Å². The third-order valence-electron chi connectivity index (χ3n) is 3.25. The third-order valence-corrected chi connectivity index (χ3v) is 4.89. The summed E-state index contributed by atoms with van der Waals surface area (Å²) in [7, 11) is 2.05. The maximum Gasteiger partial charge on any atom is 0.0701 e. The van der Waals surface area contributed by atoms with Gasteiger partial charge in [0.1, 0.15) is 0 Å². The molecule has 0 saturated heterocycles. The summed E-state index contributed by atoms with van der Waals surface area (Å²) in [6.45, 7) is 4.34. The van der Waals surface area contributed by atoms with Crippen molar-refractivity contribution >= 4 is 27.3 Å². The van der Waals surface area contributed by atoms with Crippen LogP contribution in [-0.4, -0.2) is 13.1 Å². The van der Waals surface area contributed by atoms with Gasteiger partial charge in [0.15, 0.2) is 0 Å². The van der Waals surface area contributed by atoms with Gasteiger partial charge in [0, 0.05) is 10.9 Å². The predicted molar refractivity (Wildman–Crippen MR) is 88.2 cm³/mol. The lowest BCUT2D eigenvalue weighted by Gasteiger charge is -2.16. The minimum atomic E-state index is 0.492. The molecule has 0 radical (unpaired) electrons. The van der Waals surface area contributed by atoms with Crippen LogP contribution in [0.1, 0.15) is 21.6 Å². The van der Waals surface area contributed by atoms with E-state index in [9.17, 15) is 0 Å². The lowest BCUT2D eigenvalue weighted by Crippen LogP contribution is -2.29. The monoisotopic (exact) mass is 337 g/mol. The number of nitrogens with one attached hydrogen (secondary N) is 1. The molecule has 0 bridgehead atoms. The van der Waals surface area contributed by atoms with Gasteiger partial charge in [-0.05, 0) is 67.4 Å². The molecule has 0 spiro atoms. The Balaban J connectivity index is 2.06. The van der Waals surface area contributed by atoms with Gasteiger partial charge in [-0.25, -0.2) is 0 Å². The summed E-state index contributed by atoms with van der Waals surface area (Å²) in [5, 5.41) is 3.44. The van der Waals surface area contributed by atoms with Crippen molar-refractivity contribution in [2.24, 2.45) is 0 Å². The highest BCUT2D eigenvalue weighted by atomic mass is 79.9. The molecule has 0 amide bonds. The molecule has 1 N–H and O–H groups in total. The first-order valence-electron chi connectivity index (χ1n) is 6.55. The van der Waals surface area contributed by atoms with Gasteiger partial charge in [0.2, 0.25) is 0 Å². The zero-order chi connectivity index (χ0) is 13.8. The topological polar surface area (TPSA) is 12.0 Å². The molecule has 1 unspecified atom stereocenters. The van der Waals surface area contributed by atoms with Crippen molar-refractivity contribution in [1.82, 2.24) is 5.32 Å². The van der Waals surface area contributed by atoms with Gasteiger partial charge in [-0.1, -0.05) is 29.3 Å². The number of likely N-dealkylation sites (N-methyl/N-ethyl adjacent to an activating group) is 1. The molecule has 1 heterocycles. The lowest BCUT2D eigenvalue weighted by atomic mass is 9.99. The second kappa shape index (κ2) is 6.69. The molecule has 0 aliphatic carbocycles. The lowest BCUT2D eigenvalue weighted by molar-refractivity contribution is 0.560. The average molecular weight is 338 g/mol. The molecule has 0 saturated carbocycles. The highest BCUT2D eigenvalue weighted by Crippen LogP contribution is 2.24. The molecule has 102 valence electrons. The standard InChI is InChI=1S/C16H20BrNS/c1-11-6-12(2)8-13(7-11)9-14(18-3)10-15-4-5-16(17)19-15/h4-8,14,18H,9-10H2,1-3H3. The van der Waals surface area contributed by atoms with Gasteiger partial charge < -0.3 is 5.32 Å². The summed E-state index contributed by atoms with van der Waals surface area (Å²) >= 11 is 5.35. The zero-order valence-electron chi connectivity index (χ0n) is 11.7. The Morgan fingerprint density at radius 2 is 1.79 bits per heavy atom. The van der Waals surface area contributed by atoms with Crippen LogP contribution in [0.25, 0.3) is 0 Å². The van der Waals surface area contributed by atoms with Crippen LogP contribution < -0.4 is 5.32 Å². The molecule has 0 aliphatic heterocycles. The minimum absolute atomic E-state index is 0.492. The van der Waals surface area contributed by atoms with Gasteiger partial charge in [0.05, 0.1) is 3.79 Å². The Bertz CT molecular complexity index is 527. The second-order valence-electron chi connectivity index (χ2n) is 5.10. The van der Waals surface area contributed by atoms with E-state index in [4.69, 9.17) is 0 Å². The maximum absolute atomic E-state index is 3.53. The van der Waals surface area contributed by atoms with E-state index in [1.807, 2.05) is 11.3 Å². The molecule has 1 atom stereocenters. The summed E-state index contributed by atoms with van der Waals surface area (Å²) in [6.07, 6.45) is 2.16. The Hall–Kier alpha value is -0.640. The summed E-state index contributed by atoms with van der Waals surface area (Å²) in [4.78, 5) is 1.43. The summed E-state index contributed by atoms with van der Waals surface area (Å²) in [5.74, 6) is 0. The van der Waals surface area contributed by atoms with E-state index in [1.165, 1.54) is 25.4 Å². The van der Waals surface area contributed by atoms with Crippen LogP contribution in [0.4, 0.5) is 0 Å². The fraction of sp³-hybridized carbons (Fsp3) is 0.375. The van der Waals surface area contributed by atoms with Crippen LogP contribution in [0.15, 0.2) is 34.1 Å². The second-order valence-corrected chi connectivity index (χ2v) is 7.64. The summed E-state index contributed by atoms with van der Waals surface area (Å²) in [6, 6.07) is 11.6. The molecule has 2 rings (SSSR count). The van der Waals surface area contributed by atoms with E-state index < -0.39 is 0 Å². The van der Waals surface area contributed by atoms with Crippen LogP contribution in [0.3, 0.4) is 0 Å². The number of rotatable bonds is 5. The molecule has 1 aromatic heterocycles. The first-order valence-corrected chi connectivity index (χ1v) is 8.16. The van der Waals surface area contributed by atoms with E-state index in [0.29, 0.717) is 6.04 Å². The smallest absolute Gasteiger partial charge is 0.0701 e. The van der Waals surface area contributed by atoms with Gasteiger partial charge in [-0.15, -0.1) is 11.3 Å². The number of thiophene rings is 1. The van der Waals surface area contributed by atoms with E-state index in [0.717, 1.165) is 12.8 Å². The Labute approximate surface area is 128 Å². The van der Waals surface area contributed by atoms with Crippen molar-refractivity contribution in [3.63, 3.8) is 0 Å². The zero-order valence-corrected chi connectivity index (χ0v) is 14.1. The highest BCUT2D eigenvalue weighted by molar-refractivity contribution is 9.11. The van der Waals surface area contributed by atoms with Gasteiger partial charge in [-0.2, -0.15) is 0 Å². The largest absolute Gasteiger partial charge is 0.316 e. The van der Waals surface area contributed by atoms with Gasteiger partial charge >= 0.3 is 0 Å². The van der Waals surface area contributed by atoms with Crippen molar-refractivity contribution in [1.29, 1.82) is 0 Å². The Morgan fingerprint density at radius 1 is 1.11 bits per heavy atom. The van der Waals surface area contributed by atoms with Crippen LogP contribution in [0, 0.1) is 13.8 Å². The maximum atomic E-state index is 3.53. The third kappa shape index (κ3) is 4.44. The van der Waals surface area contributed by atoms with Crippen LogP contribution in [-0.2, 0) is 12.8 Å². The fourth-order valence-corrected chi connectivity index (χ4v) is 4.02. The molecule has 0 aliphatic rings. The molecule has 2 aromatic rings. The van der Waals surface area contributed by atoms with Crippen molar-refractivity contribution in [3.8, 4) is 0 Å². The van der Waals surface area contributed by atoms with Crippen molar-refractivity contribution in [2.45, 2.75) is 32.7 Å². The quantitative estimate of drug-likeness (QED) is 0.846. The number of aryl methyl sites for hydroxylation is 2. The van der Waals surface area contributed by atoms with E-state index in [2.05, 4.69) is 72.5 Å². The van der Waals surface area contributed by atoms with Gasteiger partial charge in [-0.3, -0.25) is 0 Å².